The van der Waals surface area contributed by atoms with Gasteiger partial charge in [-0.1, -0.05) is 60.1 Å². The minimum atomic E-state index is -0.442. The van der Waals surface area contributed by atoms with Crippen LogP contribution in [0.3, 0.4) is 0 Å². The molecule has 12 nitrogen and oxygen atoms in total. The molecule has 8 atom stereocenters. The van der Waals surface area contributed by atoms with Crippen molar-refractivity contribution in [2.75, 3.05) is 26.2 Å². The number of carbonyl (C=O) groups excluding carboxylic acids is 3. The zero-order valence-corrected chi connectivity index (χ0v) is 39.6. The Morgan fingerprint density at radius 2 is 1.28 bits per heavy atom. The average molecular weight is 888 g/mol. The Balaban J connectivity index is 0.946. The first-order valence-corrected chi connectivity index (χ1v) is 24.0. The van der Waals surface area contributed by atoms with Gasteiger partial charge in [0.2, 0.25) is 17.7 Å². The second-order valence-corrected chi connectivity index (χ2v) is 22.7. The fourth-order valence-corrected chi connectivity index (χ4v) is 14.6. The molecule has 2 aromatic rings. The number of allylic oxidation sites excluding steroid dienone is 2. The molecule has 4 saturated carbocycles. The smallest absolute Gasteiger partial charge is 0.269 e. The van der Waals surface area contributed by atoms with E-state index in [4.69, 9.17) is 0 Å². The lowest BCUT2D eigenvalue weighted by molar-refractivity contribution is -0.385. The molecule has 2 aromatic carbocycles. The van der Waals surface area contributed by atoms with Gasteiger partial charge in [0.15, 0.2) is 0 Å². The van der Waals surface area contributed by atoms with Gasteiger partial charge in [-0.15, -0.1) is 0 Å². The molecule has 5 fully saturated rings. The maximum absolute atomic E-state index is 14.4. The predicted octanol–water partition coefficient (Wildman–Crippen LogP) is 10.6. The summed E-state index contributed by atoms with van der Waals surface area (Å²) in [6, 6.07) is 12.4. The fourth-order valence-electron chi connectivity index (χ4n) is 14.6. The lowest BCUT2D eigenvalue weighted by Gasteiger charge is -2.71. The molecule has 0 bridgehead atoms. The van der Waals surface area contributed by atoms with E-state index in [0.717, 1.165) is 69.8 Å². The normalized spacial score (nSPS) is 33.8. The first kappa shape index (κ1) is 46.4. The maximum atomic E-state index is 14.4. The average Bonchev–Trinajstić information content (AvgIpc) is 3.26. The lowest BCUT2D eigenvalue weighted by Crippen LogP contribution is -2.66. The molecule has 6 aliphatic rings. The molecule has 0 radical (unpaired) electrons. The van der Waals surface area contributed by atoms with Crippen molar-refractivity contribution in [3.05, 3.63) is 104 Å². The van der Waals surface area contributed by atoms with E-state index in [1.54, 1.807) is 53.0 Å². The number of benzene rings is 2. The van der Waals surface area contributed by atoms with Crippen LogP contribution < -0.4 is 5.32 Å². The molecule has 0 spiro atoms. The summed E-state index contributed by atoms with van der Waals surface area (Å²) in [7, 11) is 0. The van der Waals surface area contributed by atoms with E-state index in [1.165, 1.54) is 30.3 Å². The number of carbonyl (C=O) groups is 3. The molecule has 3 amide bonds. The first-order valence-electron chi connectivity index (χ1n) is 24.0. The van der Waals surface area contributed by atoms with E-state index < -0.39 is 9.85 Å². The molecule has 8 rings (SSSR count). The van der Waals surface area contributed by atoms with Crippen molar-refractivity contribution in [3.63, 3.8) is 0 Å². The van der Waals surface area contributed by atoms with E-state index in [2.05, 4.69) is 59.9 Å². The Hall–Kier alpha value is -5.13. The maximum Gasteiger partial charge on any atom is 0.269 e. The standard InChI is InChI=1S/C53H69N5O7/c1-48(2)26-28-53(35-47(61)56-32-30-55(31-33-56)46(60)21-13-37-10-16-39(17-11-37)58(64)65)29-27-51(6)40(41(53)34-48)18-19-43-50(5)24-23-44(49(3,4)42(50)22-25-52(43,51)7)54-45(59)20-12-36-8-14-38(15-9-36)57(62)63/h8-18,20-21,41-44H,19,22-35H2,1-7H3,(H,54,59)/b20-12+,21-13+/t41-,42-,43+,44?,50-,51+,52+,53+/m0/s1. The van der Waals surface area contributed by atoms with Crippen LogP contribution in [0.25, 0.3) is 12.2 Å². The largest absolute Gasteiger partial charge is 0.349 e. The molecular weight excluding hydrogens is 819 g/mol. The van der Waals surface area contributed by atoms with Crippen LogP contribution in [0.15, 0.2) is 72.3 Å². The number of hydrogen-bond donors (Lipinski definition) is 1. The second kappa shape index (κ2) is 16.9. The summed E-state index contributed by atoms with van der Waals surface area (Å²) in [6.45, 7) is 19.3. The Bertz CT molecular complexity index is 2310. The highest BCUT2D eigenvalue weighted by Crippen LogP contribution is 2.76. The summed E-state index contributed by atoms with van der Waals surface area (Å²) in [5.74, 6) is 1.27. The van der Waals surface area contributed by atoms with E-state index >= 15 is 0 Å². The minimum absolute atomic E-state index is 0.00881. The van der Waals surface area contributed by atoms with Crippen molar-refractivity contribution in [2.45, 2.75) is 125 Å². The highest BCUT2D eigenvalue weighted by molar-refractivity contribution is 5.92. The van der Waals surface area contributed by atoms with E-state index in [9.17, 15) is 34.6 Å². The fraction of sp³-hybridized carbons (Fsp3) is 0.604. The van der Waals surface area contributed by atoms with Crippen molar-refractivity contribution in [1.29, 1.82) is 0 Å². The number of rotatable bonds is 9. The molecule has 12 heteroatoms. The van der Waals surface area contributed by atoms with Gasteiger partial charge in [-0.05, 0) is 162 Å². The van der Waals surface area contributed by atoms with Crippen LogP contribution in [-0.4, -0.2) is 69.6 Å². The van der Waals surface area contributed by atoms with Crippen LogP contribution >= 0.6 is 0 Å². The summed E-state index contributed by atoms with van der Waals surface area (Å²) < 4.78 is 0. The van der Waals surface area contributed by atoms with Gasteiger partial charge in [0, 0.05) is 75.1 Å². The van der Waals surface area contributed by atoms with Gasteiger partial charge in [-0.2, -0.15) is 0 Å². The quantitative estimate of drug-likeness (QED) is 0.114. The molecule has 65 heavy (non-hydrogen) atoms. The van der Waals surface area contributed by atoms with Gasteiger partial charge in [0.05, 0.1) is 9.85 Å². The summed E-state index contributed by atoms with van der Waals surface area (Å²) in [5, 5.41) is 25.5. The Morgan fingerprint density at radius 1 is 0.708 bits per heavy atom. The van der Waals surface area contributed by atoms with Crippen LogP contribution in [0, 0.1) is 70.5 Å². The van der Waals surface area contributed by atoms with Gasteiger partial charge >= 0.3 is 0 Å². The number of nitrogens with zero attached hydrogens (tertiary/aromatic N) is 4. The number of fused-ring (bicyclic) bond motifs is 7. The van der Waals surface area contributed by atoms with Crippen LogP contribution in [-0.2, 0) is 14.4 Å². The SMILES string of the molecule is CC1(C)CC[C@]2(CC(=O)N3CCN(C(=O)/C=C/c4ccc([N+](=O)[O-])cc4)CC3)CC[C@]3(C)C(=CC[C@@H]4[C@@]5(C)CCC(NC(=O)/C=C/c6ccc([N+](=O)[O-])cc6)C(C)(C)[C@@H]5CC[C@]43C)[C@@H]2C1. The van der Waals surface area contributed by atoms with Crippen LogP contribution in [0.4, 0.5) is 11.4 Å². The molecule has 1 aliphatic heterocycles. The molecule has 5 aliphatic carbocycles. The Kier molecular flexibility index (Phi) is 12.1. The van der Waals surface area contributed by atoms with E-state index in [1.807, 2.05) is 4.90 Å². The molecule has 1 unspecified atom stereocenters. The predicted molar refractivity (Wildman–Crippen MR) is 253 cm³/mol. The highest BCUT2D eigenvalue weighted by atomic mass is 16.6. The van der Waals surface area contributed by atoms with Crippen molar-refractivity contribution in [1.82, 2.24) is 15.1 Å². The summed E-state index contributed by atoms with van der Waals surface area (Å²) in [5.41, 5.74) is 3.36. The van der Waals surface area contributed by atoms with E-state index in [0.29, 0.717) is 55.9 Å². The molecular formula is C53H69N5O7. The number of nitro benzene ring substituents is 2. The monoisotopic (exact) mass is 888 g/mol. The number of nitro groups is 2. The Morgan fingerprint density at radius 3 is 1.88 bits per heavy atom. The van der Waals surface area contributed by atoms with Crippen LogP contribution in [0.5, 0.6) is 0 Å². The van der Waals surface area contributed by atoms with Crippen LogP contribution in [0.1, 0.15) is 130 Å². The molecule has 1 N–H and O–H groups in total. The third-order valence-corrected chi connectivity index (χ3v) is 18.7. The van der Waals surface area contributed by atoms with Gasteiger partial charge in [-0.25, -0.2) is 0 Å². The zero-order valence-electron chi connectivity index (χ0n) is 39.6. The van der Waals surface area contributed by atoms with Crippen molar-refractivity contribution in [3.8, 4) is 0 Å². The number of amides is 3. The highest BCUT2D eigenvalue weighted by Gasteiger charge is 2.68. The van der Waals surface area contributed by atoms with Gasteiger partial charge in [-0.3, -0.25) is 34.6 Å². The third-order valence-electron chi connectivity index (χ3n) is 18.7. The topological polar surface area (TPSA) is 156 Å². The Labute approximate surface area is 384 Å². The van der Waals surface area contributed by atoms with Gasteiger partial charge < -0.3 is 15.1 Å². The van der Waals surface area contributed by atoms with Gasteiger partial charge in [0.1, 0.15) is 0 Å². The summed E-state index contributed by atoms with van der Waals surface area (Å²) >= 11 is 0. The summed E-state index contributed by atoms with van der Waals surface area (Å²) in [6.07, 6.45) is 20.4. The number of piperazine rings is 1. The minimum Gasteiger partial charge on any atom is -0.349 e. The first-order chi connectivity index (χ1) is 30.6. The van der Waals surface area contributed by atoms with Crippen molar-refractivity contribution in [2.24, 2.45) is 50.2 Å². The van der Waals surface area contributed by atoms with Crippen LogP contribution in [0.2, 0.25) is 0 Å². The number of non-ortho nitro benzene ring substituents is 2. The second-order valence-electron chi connectivity index (χ2n) is 22.7. The summed E-state index contributed by atoms with van der Waals surface area (Å²) in [4.78, 5) is 66.0. The molecule has 1 saturated heterocycles. The third kappa shape index (κ3) is 8.36. The lowest BCUT2D eigenvalue weighted by atomic mass is 9.33. The molecule has 348 valence electrons. The number of nitrogens with one attached hydrogen (secondary N) is 1. The van der Waals surface area contributed by atoms with E-state index in [-0.39, 0.29) is 67.6 Å². The molecule has 1 heterocycles. The van der Waals surface area contributed by atoms with Crippen molar-refractivity contribution >= 4 is 41.2 Å². The molecule has 0 aromatic heterocycles. The van der Waals surface area contributed by atoms with Gasteiger partial charge in [0.25, 0.3) is 11.4 Å². The van der Waals surface area contributed by atoms with Crippen molar-refractivity contribution < 1.29 is 24.2 Å². The zero-order chi connectivity index (χ0) is 46.7. The number of hydrogen-bond acceptors (Lipinski definition) is 7.